The Kier molecular flexibility index (Phi) is 13.3. The van der Waals surface area contributed by atoms with Crippen LogP contribution in [0, 0.1) is 5.92 Å². The van der Waals surface area contributed by atoms with Gasteiger partial charge in [-0.05, 0) is 12.0 Å². The van der Waals surface area contributed by atoms with Gasteiger partial charge in [0.1, 0.15) is 0 Å². The van der Waals surface area contributed by atoms with Gasteiger partial charge in [-0.1, -0.05) is 26.7 Å². The van der Waals surface area contributed by atoms with Crippen molar-refractivity contribution >= 4 is 35.9 Å². The van der Waals surface area contributed by atoms with Gasteiger partial charge in [0.25, 0.3) is 0 Å². The third kappa shape index (κ3) is 8.80. The molecule has 2 N–H and O–H groups in total. The van der Waals surface area contributed by atoms with Gasteiger partial charge in [0.05, 0.1) is 13.2 Å². The molecule has 0 saturated carbocycles. The molecule has 0 bridgehead atoms. The largest absolute Gasteiger partial charge is 0.379 e. The van der Waals surface area contributed by atoms with E-state index in [2.05, 4.69) is 54.1 Å². The van der Waals surface area contributed by atoms with Crippen LogP contribution in [0.1, 0.15) is 26.7 Å². The van der Waals surface area contributed by atoms with Gasteiger partial charge in [0, 0.05) is 84.4 Å². The number of nitrogens with zero attached hydrogens (tertiary/aromatic N) is 6. The number of hydrogen-bond donors (Lipinski definition) is 2. The molecule has 2 aliphatic heterocycles. The van der Waals surface area contributed by atoms with Crippen molar-refractivity contribution in [3.05, 3.63) is 18.5 Å². The second-order valence-corrected chi connectivity index (χ2v) is 8.55. The molecule has 33 heavy (non-hydrogen) atoms. The van der Waals surface area contributed by atoms with E-state index in [0.717, 1.165) is 84.0 Å². The molecule has 1 atom stereocenters. The van der Waals surface area contributed by atoms with Crippen LogP contribution >= 0.6 is 24.0 Å². The lowest BCUT2D eigenvalue weighted by molar-refractivity contribution is 0.00272. The molecule has 0 aliphatic carbocycles. The average molecular weight is 575 g/mol. The summed E-state index contributed by atoms with van der Waals surface area (Å²) < 4.78 is 5.57. The summed E-state index contributed by atoms with van der Waals surface area (Å²) in [5.74, 6) is 2.41. The summed E-state index contributed by atoms with van der Waals surface area (Å²) in [7, 11) is 1.86. The van der Waals surface area contributed by atoms with E-state index in [1.807, 2.05) is 25.5 Å². The highest BCUT2D eigenvalue weighted by atomic mass is 127. The van der Waals surface area contributed by atoms with Crippen molar-refractivity contribution in [2.45, 2.75) is 32.7 Å². The molecule has 3 rings (SSSR count). The summed E-state index contributed by atoms with van der Waals surface area (Å²) in [5, 5.41) is 7.10. The number of aliphatic imine (C=N–C) groups is 1. The smallest absolute Gasteiger partial charge is 0.225 e. The lowest BCUT2D eigenvalue weighted by Gasteiger charge is -2.39. The Morgan fingerprint density at radius 3 is 2.30 bits per heavy atom. The lowest BCUT2D eigenvalue weighted by Crippen LogP contribution is -2.54. The zero-order chi connectivity index (χ0) is 22.6. The minimum absolute atomic E-state index is 0. The maximum Gasteiger partial charge on any atom is 0.225 e. The summed E-state index contributed by atoms with van der Waals surface area (Å²) in [5.41, 5.74) is 0. The van der Waals surface area contributed by atoms with E-state index in [1.54, 1.807) is 0 Å². The van der Waals surface area contributed by atoms with E-state index < -0.39 is 0 Å². The molecule has 9 nitrogen and oxygen atoms in total. The van der Waals surface area contributed by atoms with Crippen LogP contribution in [0.15, 0.2) is 23.5 Å². The molecular weight excluding hydrogens is 531 g/mol. The van der Waals surface area contributed by atoms with E-state index in [-0.39, 0.29) is 24.0 Å². The van der Waals surface area contributed by atoms with Crippen molar-refractivity contribution in [1.82, 2.24) is 30.4 Å². The zero-order valence-corrected chi connectivity index (χ0v) is 22.9. The molecule has 0 radical (unpaired) electrons. The Morgan fingerprint density at radius 2 is 1.70 bits per heavy atom. The molecule has 1 aromatic heterocycles. The molecule has 2 fully saturated rings. The van der Waals surface area contributed by atoms with Gasteiger partial charge in [0.15, 0.2) is 5.96 Å². The van der Waals surface area contributed by atoms with E-state index in [4.69, 9.17) is 4.74 Å². The summed E-state index contributed by atoms with van der Waals surface area (Å²) in [6.45, 7) is 15.1. The van der Waals surface area contributed by atoms with Crippen molar-refractivity contribution in [3.63, 3.8) is 0 Å². The number of morpholine rings is 1. The van der Waals surface area contributed by atoms with Crippen LogP contribution in [0.25, 0.3) is 0 Å². The van der Waals surface area contributed by atoms with Crippen LogP contribution in [0.3, 0.4) is 0 Å². The van der Waals surface area contributed by atoms with Gasteiger partial charge in [-0.3, -0.25) is 14.8 Å². The van der Waals surface area contributed by atoms with E-state index in [0.29, 0.717) is 12.0 Å². The summed E-state index contributed by atoms with van der Waals surface area (Å²) in [4.78, 5) is 20.5. The number of guanidine groups is 1. The van der Waals surface area contributed by atoms with Gasteiger partial charge >= 0.3 is 0 Å². The summed E-state index contributed by atoms with van der Waals surface area (Å²) in [6.07, 6.45) is 6.02. The molecule has 0 spiro atoms. The highest BCUT2D eigenvalue weighted by molar-refractivity contribution is 14.0. The molecule has 2 saturated heterocycles. The standard InChI is InChI=1S/C23H42N8O.HI/c1-4-20(5-2)21(30-15-17-32-18-16-30)19-28-22(24-3)25-9-10-29-11-13-31(14-12-29)23-26-7-6-8-27-23;/h6-8,20-21H,4-5,9-19H2,1-3H3,(H2,24,25,28);1H. The van der Waals surface area contributed by atoms with Crippen molar-refractivity contribution in [2.75, 3.05) is 84.1 Å². The first-order valence-electron chi connectivity index (χ1n) is 12.3. The average Bonchev–Trinajstić information content (AvgIpc) is 2.86. The first kappa shape index (κ1) is 28.0. The number of ether oxygens (including phenoxy) is 1. The van der Waals surface area contributed by atoms with Gasteiger partial charge in [0.2, 0.25) is 5.95 Å². The fourth-order valence-electron chi connectivity index (χ4n) is 4.72. The quantitative estimate of drug-likeness (QED) is 0.248. The highest BCUT2D eigenvalue weighted by Crippen LogP contribution is 2.19. The first-order valence-corrected chi connectivity index (χ1v) is 12.3. The Morgan fingerprint density at radius 1 is 1.03 bits per heavy atom. The van der Waals surface area contributed by atoms with Gasteiger partial charge in [-0.15, -0.1) is 24.0 Å². The van der Waals surface area contributed by atoms with E-state index >= 15 is 0 Å². The second-order valence-electron chi connectivity index (χ2n) is 8.55. The predicted octanol–water partition coefficient (Wildman–Crippen LogP) is 1.52. The normalized spacial score (nSPS) is 19.3. The number of aromatic nitrogens is 2. The van der Waals surface area contributed by atoms with E-state index in [1.165, 1.54) is 12.8 Å². The van der Waals surface area contributed by atoms with Crippen LogP contribution in [-0.4, -0.2) is 111 Å². The van der Waals surface area contributed by atoms with Crippen LogP contribution in [-0.2, 0) is 4.74 Å². The summed E-state index contributed by atoms with van der Waals surface area (Å²) in [6, 6.07) is 2.38. The maximum absolute atomic E-state index is 5.57. The van der Waals surface area contributed by atoms with Gasteiger partial charge in [-0.2, -0.15) is 0 Å². The van der Waals surface area contributed by atoms with Crippen molar-refractivity contribution in [2.24, 2.45) is 10.9 Å². The Labute approximate surface area is 216 Å². The molecule has 2 aliphatic rings. The molecule has 3 heterocycles. The van der Waals surface area contributed by atoms with E-state index in [9.17, 15) is 0 Å². The highest BCUT2D eigenvalue weighted by Gasteiger charge is 2.27. The van der Waals surface area contributed by atoms with Crippen LogP contribution in [0.5, 0.6) is 0 Å². The zero-order valence-electron chi connectivity index (χ0n) is 20.6. The topological polar surface area (TPSA) is 81.2 Å². The Balaban J connectivity index is 0.00000385. The fraction of sp³-hybridized carbons (Fsp3) is 0.783. The molecular formula is C23H43IN8O. The third-order valence-electron chi connectivity index (χ3n) is 6.74. The van der Waals surface area contributed by atoms with Crippen molar-refractivity contribution in [1.29, 1.82) is 0 Å². The number of piperazine rings is 1. The van der Waals surface area contributed by atoms with Gasteiger partial charge in [-0.25, -0.2) is 9.97 Å². The maximum atomic E-state index is 5.57. The SMILES string of the molecule is CCC(CC)C(CNC(=NC)NCCN1CCN(c2ncccn2)CC1)N1CCOCC1.I. The van der Waals surface area contributed by atoms with Gasteiger partial charge < -0.3 is 20.3 Å². The minimum atomic E-state index is 0. The summed E-state index contributed by atoms with van der Waals surface area (Å²) >= 11 is 0. The van der Waals surface area contributed by atoms with Crippen molar-refractivity contribution in [3.8, 4) is 0 Å². The fourth-order valence-corrected chi connectivity index (χ4v) is 4.72. The molecule has 188 valence electrons. The third-order valence-corrected chi connectivity index (χ3v) is 6.74. The van der Waals surface area contributed by atoms with Crippen LogP contribution < -0.4 is 15.5 Å². The van der Waals surface area contributed by atoms with Crippen LogP contribution in [0.4, 0.5) is 5.95 Å². The predicted molar refractivity (Wildman–Crippen MR) is 146 cm³/mol. The molecule has 0 amide bonds. The first-order chi connectivity index (χ1) is 15.7. The van der Waals surface area contributed by atoms with Crippen molar-refractivity contribution < 1.29 is 4.74 Å². The molecule has 1 unspecified atom stereocenters. The molecule has 0 aromatic carbocycles. The Hall–Kier alpha value is -1.24. The minimum Gasteiger partial charge on any atom is -0.379 e. The molecule has 1 aromatic rings. The Bertz CT molecular complexity index is 662. The number of rotatable bonds is 10. The number of hydrogen-bond acceptors (Lipinski definition) is 7. The monoisotopic (exact) mass is 574 g/mol. The number of nitrogens with one attached hydrogen (secondary N) is 2. The second kappa shape index (κ2) is 15.6. The number of anilines is 1. The molecule has 10 heteroatoms. The number of halogens is 1. The van der Waals surface area contributed by atoms with Crippen LogP contribution in [0.2, 0.25) is 0 Å². The lowest BCUT2D eigenvalue weighted by atomic mass is 9.92.